The number of benzene rings is 2. The molecule has 0 unspecified atom stereocenters. The summed E-state index contributed by atoms with van der Waals surface area (Å²) in [4.78, 5) is 14.3. The maximum absolute atomic E-state index is 12.7. The van der Waals surface area contributed by atoms with Crippen molar-refractivity contribution in [1.29, 1.82) is 0 Å². The summed E-state index contributed by atoms with van der Waals surface area (Å²) in [6.45, 7) is 7.46. The van der Waals surface area contributed by atoms with Gasteiger partial charge in [0.1, 0.15) is 0 Å². The largest absolute Gasteiger partial charge is 0.416 e. The molecule has 146 valence electrons. The molecule has 0 bridgehead atoms. The van der Waals surface area contributed by atoms with Crippen molar-refractivity contribution >= 4 is 5.91 Å². The normalized spacial score (nSPS) is 11.6. The molecule has 0 heterocycles. The third-order valence-electron chi connectivity index (χ3n) is 4.43. The van der Waals surface area contributed by atoms with E-state index in [1.807, 2.05) is 24.3 Å². The van der Waals surface area contributed by atoms with Crippen molar-refractivity contribution in [3.8, 4) is 0 Å². The van der Waals surface area contributed by atoms with Crippen LogP contribution in [0.5, 0.6) is 0 Å². The van der Waals surface area contributed by atoms with Gasteiger partial charge in [-0.15, -0.1) is 0 Å². The number of amides is 1. The molecule has 6 heteroatoms. The average Bonchev–Trinajstić information content (AvgIpc) is 2.65. The fourth-order valence-corrected chi connectivity index (χ4v) is 2.77. The molecule has 0 aliphatic heterocycles. The first kappa shape index (κ1) is 21.0. The lowest BCUT2D eigenvalue weighted by molar-refractivity contribution is -0.137. The molecule has 3 nitrogen and oxygen atoms in total. The Hall–Kier alpha value is -2.34. The van der Waals surface area contributed by atoms with E-state index in [0.717, 1.165) is 37.3 Å². The lowest BCUT2D eigenvalue weighted by Gasteiger charge is -2.18. The highest BCUT2D eigenvalue weighted by atomic mass is 19.4. The number of hydrogen-bond donors (Lipinski definition) is 1. The maximum atomic E-state index is 12.7. The third kappa shape index (κ3) is 6.71. The molecular weight excluding hydrogens is 353 g/mol. The van der Waals surface area contributed by atoms with Gasteiger partial charge in [0.25, 0.3) is 0 Å². The molecule has 0 saturated heterocycles. The first-order valence-electron chi connectivity index (χ1n) is 9.04. The molecule has 0 atom stereocenters. The van der Waals surface area contributed by atoms with Crippen LogP contribution in [0.2, 0.25) is 0 Å². The van der Waals surface area contributed by atoms with Gasteiger partial charge in [0.2, 0.25) is 5.91 Å². The Labute approximate surface area is 158 Å². The molecule has 2 aromatic rings. The number of nitrogens with zero attached hydrogens (tertiary/aromatic N) is 1. The Balaban J connectivity index is 1.87. The molecule has 0 saturated carbocycles. The molecule has 0 spiro atoms. The summed E-state index contributed by atoms with van der Waals surface area (Å²) in [5, 5.41) is 2.76. The minimum Gasteiger partial charge on any atom is -0.352 e. The van der Waals surface area contributed by atoms with Crippen molar-refractivity contribution in [2.75, 3.05) is 13.1 Å². The van der Waals surface area contributed by atoms with Crippen LogP contribution in [-0.2, 0) is 30.5 Å². The van der Waals surface area contributed by atoms with Crippen LogP contribution in [0.1, 0.15) is 36.1 Å². The monoisotopic (exact) mass is 378 g/mol. The zero-order valence-corrected chi connectivity index (χ0v) is 15.6. The van der Waals surface area contributed by atoms with Crippen molar-refractivity contribution in [3.63, 3.8) is 0 Å². The van der Waals surface area contributed by atoms with Gasteiger partial charge in [-0.1, -0.05) is 56.3 Å². The third-order valence-corrected chi connectivity index (χ3v) is 4.43. The number of alkyl halides is 3. The smallest absolute Gasteiger partial charge is 0.352 e. The predicted molar refractivity (Wildman–Crippen MR) is 100 cm³/mol. The van der Waals surface area contributed by atoms with Crippen LogP contribution >= 0.6 is 0 Å². The number of rotatable bonds is 8. The van der Waals surface area contributed by atoms with Crippen LogP contribution in [0.4, 0.5) is 13.2 Å². The lowest BCUT2D eigenvalue weighted by Crippen LogP contribution is -2.25. The predicted octanol–water partition coefficient (Wildman–Crippen LogP) is 4.41. The summed E-state index contributed by atoms with van der Waals surface area (Å²) in [5.41, 5.74) is 1.77. The standard InChI is InChI=1S/C21H25F3N2O/c1-3-26(4-2)15-17-10-8-16(9-11-17)14-25-20(27)13-18-6-5-7-19(12-18)21(22,23)24/h5-12H,3-4,13-15H2,1-2H3,(H,25,27). The van der Waals surface area contributed by atoms with Crippen molar-refractivity contribution in [2.24, 2.45) is 0 Å². The van der Waals surface area contributed by atoms with Crippen molar-refractivity contribution in [1.82, 2.24) is 10.2 Å². The number of nitrogens with one attached hydrogen (secondary N) is 1. The summed E-state index contributed by atoms with van der Waals surface area (Å²) >= 11 is 0. The highest BCUT2D eigenvalue weighted by molar-refractivity contribution is 5.78. The molecular formula is C21H25F3N2O. The van der Waals surface area contributed by atoms with Crippen LogP contribution in [0.3, 0.4) is 0 Å². The Morgan fingerprint density at radius 1 is 0.963 bits per heavy atom. The highest BCUT2D eigenvalue weighted by Crippen LogP contribution is 2.29. The molecule has 0 aromatic heterocycles. The van der Waals surface area contributed by atoms with E-state index in [0.29, 0.717) is 12.1 Å². The Morgan fingerprint density at radius 3 is 2.19 bits per heavy atom. The molecule has 0 radical (unpaired) electrons. The molecule has 0 aliphatic carbocycles. The summed E-state index contributed by atoms with van der Waals surface area (Å²) < 4.78 is 38.2. The van der Waals surface area contributed by atoms with E-state index in [1.54, 1.807) is 0 Å². The molecule has 27 heavy (non-hydrogen) atoms. The van der Waals surface area contributed by atoms with Crippen molar-refractivity contribution in [3.05, 3.63) is 70.8 Å². The van der Waals surface area contributed by atoms with Crippen LogP contribution < -0.4 is 5.32 Å². The van der Waals surface area contributed by atoms with E-state index in [-0.39, 0.29) is 12.3 Å². The van der Waals surface area contributed by atoms with E-state index in [9.17, 15) is 18.0 Å². The number of carbonyl (C=O) groups excluding carboxylic acids is 1. The van der Waals surface area contributed by atoms with Gasteiger partial charge in [0.05, 0.1) is 12.0 Å². The molecule has 2 aromatic carbocycles. The fraction of sp³-hybridized carbons (Fsp3) is 0.381. The van der Waals surface area contributed by atoms with E-state index < -0.39 is 11.7 Å². The van der Waals surface area contributed by atoms with E-state index in [2.05, 4.69) is 24.1 Å². The molecule has 1 amide bonds. The van der Waals surface area contributed by atoms with Gasteiger partial charge in [-0.25, -0.2) is 0 Å². The topological polar surface area (TPSA) is 32.3 Å². The average molecular weight is 378 g/mol. The Bertz CT molecular complexity index is 738. The first-order chi connectivity index (χ1) is 12.8. The van der Waals surface area contributed by atoms with Gasteiger partial charge in [-0.3, -0.25) is 9.69 Å². The molecule has 0 aliphatic rings. The second kappa shape index (κ2) is 9.55. The van der Waals surface area contributed by atoms with Gasteiger partial charge >= 0.3 is 6.18 Å². The van der Waals surface area contributed by atoms with Gasteiger partial charge in [0.15, 0.2) is 0 Å². The van der Waals surface area contributed by atoms with Crippen LogP contribution in [0, 0.1) is 0 Å². The Kier molecular flexibility index (Phi) is 7.42. The second-order valence-corrected chi connectivity index (χ2v) is 6.43. The summed E-state index contributed by atoms with van der Waals surface area (Å²) in [6, 6.07) is 12.9. The molecule has 1 N–H and O–H groups in total. The van der Waals surface area contributed by atoms with Crippen molar-refractivity contribution in [2.45, 2.75) is 39.5 Å². The number of carbonyl (C=O) groups is 1. The lowest BCUT2D eigenvalue weighted by atomic mass is 10.1. The van der Waals surface area contributed by atoms with Gasteiger partial charge in [0, 0.05) is 13.1 Å². The zero-order valence-electron chi connectivity index (χ0n) is 15.6. The van der Waals surface area contributed by atoms with E-state index in [4.69, 9.17) is 0 Å². The van der Waals surface area contributed by atoms with Crippen LogP contribution in [-0.4, -0.2) is 23.9 Å². The maximum Gasteiger partial charge on any atom is 0.416 e. The van der Waals surface area contributed by atoms with E-state index in [1.165, 1.54) is 17.7 Å². The number of halogens is 3. The molecule has 0 fully saturated rings. The van der Waals surface area contributed by atoms with Gasteiger partial charge in [-0.2, -0.15) is 13.2 Å². The zero-order chi connectivity index (χ0) is 19.9. The fourth-order valence-electron chi connectivity index (χ4n) is 2.77. The van der Waals surface area contributed by atoms with Gasteiger partial charge in [-0.05, 0) is 35.8 Å². The van der Waals surface area contributed by atoms with Crippen molar-refractivity contribution < 1.29 is 18.0 Å². The number of hydrogen-bond acceptors (Lipinski definition) is 2. The quantitative estimate of drug-likeness (QED) is 0.738. The van der Waals surface area contributed by atoms with Crippen LogP contribution in [0.25, 0.3) is 0 Å². The van der Waals surface area contributed by atoms with Gasteiger partial charge < -0.3 is 5.32 Å². The highest BCUT2D eigenvalue weighted by Gasteiger charge is 2.30. The summed E-state index contributed by atoms with van der Waals surface area (Å²) in [7, 11) is 0. The van der Waals surface area contributed by atoms with Crippen LogP contribution in [0.15, 0.2) is 48.5 Å². The molecule has 2 rings (SSSR count). The SMILES string of the molecule is CCN(CC)Cc1ccc(CNC(=O)Cc2cccc(C(F)(F)F)c2)cc1. The minimum atomic E-state index is -4.40. The Morgan fingerprint density at radius 2 is 1.59 bits per heavy atom. The first-order valence-corrected chi connectivity index (χ1v) is 9.04. The summed E-state index contributed by atoms with van der Waals surface area (Å²) in [6.07, 6.45) is -4.48. The minimum absolute atomic E-state index is 0.0794. The second-order valence-electron chi connectivity index (χ2n) is 6.43. The summed E-state index contributed by atoms with van der Waals surface area (Å²) in [5.74, 6) is -0.304. The van der Waals surface area contributed by atoms with E-state index >= 15 is 0 Å².